The van der Waals surface area contributed by atoms with Crippen molar-refractivity contribution in [2.75, 3.05) is 5.73 Å². The van der Waals surface area contributed by atoms with Gasteiger partial charge in [0.1, 0.15) is 0 Å². The predicted octanol–water partition coefficient (Wildman–Crippen LogP) is 3.54. The van der Waals surface area contributed by atoms with Crippen molar-refractivity contribution in [2.24, 2.45) is 0 Å². The largest absolute Gasteiger partial charge is 0.393 e. The van der Waals surface area contributed by atoms with E-state index in [0.29, 0.717) is 42.8 Å². The second-order valence-electron chi connectivity index (χ2n) is 8.82. The zero-order valence-electron chi connectivity index (χ0n) is 18.8. The van der Waals surface area contributed by atoms with Crippen molar-refractivity contribution >= 4 is 21.5 Å². The van der Waals surface area contributed by atoms with Gasteiger partial charge in [-0.1, -0.05) is 36.4 Å². The van der Waals surface area contributed by atoms with E-state index in [1.807, 2.05) is 47.9 Å². The summed E-state index contributed by atoms with van der Waals surface area (Å²) in [4.78, 5) is 9.14. The number of aryl methyl sites for hydroxylation is 1. The van der Waals surface area contributed by atoms with E-state index in [9.17, 15) is 13.5 Å². The molecule has 2 aromatic carbocycles. The van der Waals surface area contributed by atoms with Crippen LogP contribution in [0.1, 0.15) is 31.2 Å². The number of benzene rings is 2. The van der Waals surface area contributed by atoms with Gasteiger partial charge in [-0.05, 0) is 50.3 Å². The summed E-state index contributed by atoms with van der Waals surface area (Å²) in [5.41, 5.74) is 10.8. The molecule has 1 aliphatic rings. The van der Waals surface area contributed by atoms with E-state index in [4.69, 9.17) is 5.73 Å². The molecule has 1 saturated carbocycles. The molecule has 0 aliphatic heterocycles. The van der Waals surface area contributed by atoms with Gasteiger partial charge in [0.05, 0.1) is 28.6 Å². The normalized spacial score (nSPS) is 18.9. The van der Waals surface area contributed by atoms with Crippen LogP contribution in [-0.4, -0.2) is 40.0 Å². The van der Waals surface area contributed by atoms with Gasteiger partial charge in [-0.25, -0.2) is 23.1 Å². The average molecular weight is 478 g/mol. The Kier molecular flexibility index (Phi) is 5.85. The highest BCUT2D eigenvalue weighted by Gasteiger charge is 2.25. The van der Waals surface area contributed by atoms with E-state index in [0.717, 1.165) is 22.4 Å². The molecule has 176 valence electrons. The monoisotopic (exact) mass is 477 g/mol. The number of aliphatic hydroxyl groups is 1. The summed E-state index contributed by atoms with van der Waals surface area (Å²) in [6.45, 7) is 1.93. The van der Waals surface area contributed by atoms with Crippen molar-refractivity contribution in [2.45, 2.75) is 49.6 Å². The number of hydrogen-bond acceptors (Lipinski definition) is 6. The smallest absolute Gasteiger partial charge is 0.240 e. The summed E-state index contributed by atoms with van der Waals surface area (Å²) < 4.78 is 31.0. The van der Waals surface area contributed by atoms with Gasteiger partial charge in [-0.3, -0.25) is 4.40 Å². The average Bonchev–Trinajstić information content (AvgIpc) is 3.25. The lowest BCUT2D eigenvalue weighted by Gasteiger charge is -2.26. The molecule has 0 saturated heterocycles. The van der Waals surface area contributed by atoms with E-state index >= 15 is 0 Å². The first-order valence-corrected chi connectivity index (χ1v) is 12.8. The molecule has 0 atom stereocenters. The molecule has 4 aromatic rings. The fourth-order valence-electron chi connectivity index (χ4n) is 4.48. The maximum atomic E-state index is 13.1. The number of sulfonamides is 1. The molecule has 0 spiro atoms. The Morgan fingerprint density at radius 3 is 2.56 bits per heavy atom. The number of imidazole rings is 1. The van der Waals surface area contributed by atoms with Crippen LogP contribution in [0.3, 0.4) is 0 Å². The zero-order valence-corrected chi connectivity index (χ0v) is 19.7. The summed E-state index contributed by atoms with van der Waals surface area (Å²) in [7, 11) is -3.72. The molecule has 4 N–H and O–H groups in total. The first-order chi connectivity index (χ1) is 16.3. The van der Waals surface area contributed by atoms with Crippen LogP contribution < -0.4 is 10.5 Å². The van der Waals surface area contributed by atoms with Crippen molar-refractivity contribution in [3.8, 4) is 22.5 Å². The molecule has 8 nitrogen and oxygen atoms in total. The molecule has 2 heterocycles. The molecule has 2 aromatic heterocycles. The number of anilines is 1. The Morgan fingerprint density at radius 1 is 1.09 bits per heavy atom. The lowest BCUT2D eigenvalue weighted by atomic mass is 9.94. The van der Waals surface area contributed by atoms with Crippen molar-refractivity contribution in [1.29, 1.82) is 0 Å². The molecule has 1 fully saturated rings. The second kappa shape index (κ2) is 8.83. The van der Waals surface area contributed by atoms with Crippen LogP contribution in [0, 0.1) is 6.92 Å². The van der Waals surface area contributed by atoms with E-state index in [-0.39, 0.29) is 17.0 Å². The summed E-state index contributed by atoms with van der Waals surface area (Å²) in [6, 6.07) is 14.6. The number of nitrogens with two attached hydrogens (primary N) is 1. The van der Waals surface area contributed by atoms with Crippen molar-refractivity contribution in [1.82, 2.24) is 19.1 Å². The SMILES string of the molecule is Cc1ccc(S(=O)(=O)N[C@H]2CC[C@H](O)CC2)cc1-c1cnc2c(N)nc(-c3ccccc3)cn12. The Morgan fingerprint density at radius 2 is 1.82 bits per heavy atom. The second-order valence-corrected chi connectivity index (χ2v) is 10.5. The number of nitrogen functional groups attached to an aromatic ring is 1. The number of aliphatic hydroxyl groups excluding tert-OH is 1. The topological polar surface area (TPSA) is 123 Å². The van der Waals surface area contributed by atoms with Crippen LogP contribution >= 0.6 is 0 Å². The van der Waals surface area contributed by atoms with Crippen LogP contribution in [0.15, 0.2) is 65.8 Å². The Hall–Kier alpha value is -3.27. The number of hydrogen-bond donors (Lipinski definition) is 3. The maximum absolute atomic E-state index is 13.1. The van der Waals surface area contributed by atoms with Gasteiger partial charge < -0.3 is 10.8 Å². The van der Waals surface area contributed by atoms with Gasteiger partial charge in [-0.15, -0.1) is 0 Å². The fraction of sp³-hybridized carbons (Fsp3) is 0.280. The molecule has 0 bridgehead atoms. The van der Waals surface area contributed by atoms with Crippen molar-refractivity contribution in [3.05, 3.63) is 66.5 Å². The highest BCUT2D eigenvalue weighted by molar-refractivity contribution is 7.89. The van der Waals surface area contributed by atoms with Crippen LogP contribution in [0.5, 0.6) is 0 Å². The minimum atomic E-state index is -3.72. The standard InChI is InChI=1S/C25H27N5O3S/c1-16-7-12-20(34(32,33)29-18-8-10-19(31)11-9-18)13-21(16)23-14-27-25-24(26)28-22(15-30(23)25)17-5-3-2-4-6-17/h2-7,12-15,18-19,29,31H,8-11H2,1H3,(H2,26,28)/t18-,19-. The lowest BCUT2D eigenvalue weighted by molar-refractivity contribution is 0.120. The molecule has 5 rings (SSSR count). The molecule has 9 heteroatoms. The first kappa shape index (κ1) is 22.5. The van der Waals surface area contributed by atoms with Gasteiger partial charge in [0.15, 0.2) is 11.5 Å². The van der Waals surface area contributed by atoms with Gasteiger partial charge in [0.25, 0.3) is 0 Å². The van der Waals surface area contributed by atoms with Crippen LogP contribution in [0.4, 0.5) is 5.82 Å². The third-order valence-electron chi connectivity index (χ3n) is 6.40. The van der Waals surface area contributed by atoms with Crippen molar-refractivity contribution < 1.29 is 13.5 Å². The van der Waals surface area contributed by atoms with Crippen LogP contribution in [0.25, 0.3) is 28.2 Å². The van der Waals surface area contributed by atoms with Crippen LogP contribution in [-0.2, 0) is 10.0 Å². The van der Waals surface area contributed by atoms with E-state index in [2.05, 4.69) is 14.7 Å². The van der Waals surface area contributed by atoms with Gasteiger partial charge in [0.2, 0.25) is 10.0 Å². The predicted molar refractivity (Wildman–Crippen MR) is 132 cm³/mol. The molecular weight excluding hydrogens is 450 g/mol. The lowest BCUT2D eigenvalue weighted by Crippen LogP contribution is -2.38. The van der Waals surface area contributed by atoms with Gasteiger partial charge >= 0.3 is 0 Å². The quantitative estimate of drug-likeness (QED) is 0.404. The Balaban J connectivity index is 1.55. The van der Waals surface area contributed by atoms with E-state index < -0.39 is 10.0 Å². The third kappa shape index (κ3) is 4.29. The third-order valence-corrected chi connectivity index (χ3v) is 7.92. The van der Waals surface area contributed by atoms with Crippen molar-refractivity contribution in [3.63, 3.8) is 0 Å². The fourth-order valence-corrected chi connectivity index (χ4v) is 5.82. The summed E-state index contributed by atoms with van der Waals surface area (Å²) in [5.74, 6) is 0.301. The summed E-state index contributed by atoms with van der Waals surface area (Å²) >= 11 is 0. The minimum absolute atomic E-state index is 0.173. The Labute approximate surface area is 198 Å². The van der Waals surface area contributed by atoms with Crippen LogP contribution in [0.2, 0.25) is 0 Å². The number of nitrogens with one attached hydrogen (secondary N) is 1. The highest BCUT2D eigenvalue weighted by atomic mass is 32.2. The van der Waals surface area contributed by atoms with E-state index in [1.165, 1.54) is 0 Å². The zero-order chi connectivity index (χ0) is 23.9. The molecule has 0 radical (unpaired) electrons. The summed E-state index contributed by atoms with van der Waals surface area (Å²) in [5, 5.41) is 9.71. The molecule has 34 heavy (non-hydrogen) atoms. The highest BCUT2D eigenvalue weighted by Crippen LogP contribution is 2.30. The number of rotatable bonds is 5. The molecular formula is C25H27N5O3S. The maximum Gasteiger partial charge on any atom is 0.240 e. The Bertz CT molecular complexity index is 1440. The molecule has 0 amide bonds. The van der Waals surface area contributed by atoms with Gasteiger partial charge in [0, 0.05) is 23.4 Å². The number of fused-ring (bicyclic) bond motifs is 1. The number of aromatic nitrogens is 3. The summed E-state index contributed by atoms with van der Waals surface area (Å²) in [6.07, 6.45) is 5.68. The number of nitrogens with zero attached hydrogens (tertiary/aromatic N) is 3. The molecule has 1 aliphatic carbocycles. The van der Waals surface area contributed by atoms with Gasteiger partial charge in [-0.2, -0.15) is 0 Å². The first-order valence-electron chi connectivity index (χ1n) is 11.3. The molecule has 0 unspecified atom stereocenters. The van der Waals surface area contributed by atoms with E-state index in [1.54, 1.807) is 24.4 Å². The minimum Gasteiger partial charge on any atom is -0.393 e.